The first kappa shape index (κ1) is 14.9. The van der Waals surface area contributed by atoms with Gasteiger partial charge in [-0.25, -0.2) is 4.79 Å². The highest BCUT2D eigenvalue weighted by Crippen LogP contribution is 2.43. The summed E-state index contributed by atoms with van der Waals surface area (Å²) < 4.78 is 12.0. The average molecular weight is 310 g/mol. The zero-order valence-electron chi connectivity index (χ0n) is 12.4. The van der Waals surface area contributed by atoms with Crippen LogP contribution in [0.2, 0.25) is 0 Å². The van der Waals surface area contributed by atoms with Gasteiger partial charge in [0, 0.05) is 4.88 Å². The molecule has 1 N–H and O–H groups in total. The summed E-state index contributed by atoms with van der Waals surface area (Å²) in [4.78, 5) is 12.6. The summed E-state index contributed by atoms with van der Waals surface area (Å²) in [5.74, 6) is -0.408. The Bertz CT molecular complexity index is 516. The summed E-state index contributed by atoms with van der Waals surface area (Å²) >= 11 is 1.30. The van der Waals surface area contributed by atoms with Gasteiger partial charge in [0.2, 0.25) is 0 Å². The van der Waals surface area contributed by atoms with E-state index in [0.717, 1.165) is 24.1 Å². The number of ether oxygens (including phenoxy) is 2. The molecule has 0 amide bonds. The summed E-state index contributed by atoms with van der Waals surface area (Å²) in [5, 5.41) is 9.23. The molecule has 1 spiro atoms. The molecule has 116 valence electrons. The number of hydrogen-bond donors (Lipinski definition) is 1. The van der Waals surface area contributed by atoms with Crippen LogP contribution in [-0.4, -0.2) is 29.4 Å². The normalized spacial score (nSPS) is 23.8. The van der Waals surface area contributed by atoms with E-state index in [4.69, 9.17) is 9.47 Å². The van der Waals surface area contributed by atoms with Gasteiger partial charge >= 0.3 is 5.97 Å². The predicted molar refractivity (Wildman–Crippen MR) is 81.5 cm³/mol. The van der Waals surface area contributed by atoms with Gasteiger partial charge in [0.25, 0.3) is 0 Å². The van der Waals surface area contributed by atoms with Crippen molar-refractivity contribution in [3.63, 3.8) is 0 Å². The quantitative estimate of drug-likeness (QED) is 0.896. The lowest BCUT2D eigenvalue weighted by Gasteiger charge is -2.23. The highest BCUT2D eigenvalue weighted by atomic mass is 32.1. The number of carbonyl (C=O) groups is 1. The van der Waals surface area contributed by atoms with E-state index >= 15 is 0 Å². The molecule has 1 aromatic heterocycles. The van der Waals surface area contributed by atoms with Crippen LogP contribution >= 0.6 is 11.3 Å². The molecule has 1 aliphatic heterocycles. The number of aromatic carboxylic acids is 1. The number of carboxylic acids is 1. The molecule has 0 aromatic carbocycles. The summed E-state index contributed by atoms with van der Waals surface area (Å²) in [7, 11) is 0. The van der Waals surface area contributed by atoms with Gasteiger partial charge in [-0.1, -0.05) is 19.8 Å². The topological polar surface area (TPSA) is 55.8 Å². The molecule has 1 atom stereocenters. The molecule has 3 rings (SSSR count). The van der Waals surface area contributed by atoms with Crippen LogP contribution in [0.5, 0.6) is 5.75 Å². The zero-order valence-corrected chi connectivity index (χ0v) is 13.2. The van der Waals surface area contributed by atoms with E-state index in [1.165, 1.54) is 37.0 Å². The molecule has 1 aromatic rings. The van der Waals surface area contributed by atoms with Crippen LogP contribution in [0.25, 0.3) is 0 Å². The van der Waals surface area contributed by atoms with E-state index in [-0.39, 0.29) is 11.7 Å². The lowest BCUT2D eigenvalue weighted by Crippen LogP contribution is -2.27. The monoisotopic (exact) mass is 310 g/mol. The largest absolute Gasteiger partial charge is 0.489 e. The Kier molecular flexibility index (Phi) is 4.22. The van der Waals surface area contributed by atoms with E-state index < -0.39 is 5.97 Å². The van der Waals surface area contributed by atoms with Crippen LogP contribution in [0.1, 0.15) is 60.0 Å². The van der Waals surface area contributed by atoms with Crippen LogP contribution in [0.15, 0.2) is 6.07 Å². The van der Waals surface area contributed by atoms with Crippen molar-refractivity contribution in [3.05, 3.63) is 15.8 Å². The van der Waals surface area contributed by atoms with Crippen molar-refractivity contribution in [2.24, 2.45) is 0 Å². The van der Waals surface area contributed by atoms with E-state index in [1.807, 2.05) is 13.0 Å². The first-order valence-electron chi connectivity index (χ1n) is 7.78. The second kappa shape index (κ2) is 5.97. The van der Waals surface area contributed by atoms with Gasteiger partial charge in [0.05, 0.1) is 11.7 Å². The molecule has 0 radical (unpaired) electrons. The number of aryl methyl sites for hydroxylation is 1. The van der Waals surface area contributed by atoms with Crippen LogP contribution < -0.4 is 4.74 Å². The minimum absolute atomic E-state index is 0.104. The maximum Gasteiger partial charge on any atom is 0.349 e. The molecule has 1 saturated heterocycles. The Morgan fingerprint density at radius 1 is 1.48 bits per heavy atom. The minimum Gasteiger partial charge on any atom is -0.489 e. The molecular weight excluding hydrogens is 288 g/mol. The highest BCUT2D eigenvalue weighted by Gasteiger charge is 2.42. The Hall–Kier alpha value is -1.07. The highest BCUT2D eigenvalue weighted by molar-refractivity contribution is 7.14. The molecule has 2 aliphatic rings. The number of hydrogen-bond acceptors (Lipinski definition) is 4. The van der Waals surface area contributed by atoms with Gasteiger partial charge in [-0.3, -0.25) is 0 Å². The van der Waals surface area contributed by atoms with Gasteiger partial charge in [0.15, 0.2) is 4.88 Å². The third-order valence-electron chi connectivity index (χ3n) is 4.57. The molecular formula is C16H22O4S. The van der Waals surface area contributed by atoms with Crippen LogP contribution in [0.4, 0.5) is 0 Å². The second-order valence-corrected chi connectivity index (χ2v) is 7.18. The first-order valence-corrected chi connectivity index (χ1v) is 8.60. The molecule has 1 unspecified atom stereocenters. The standard InChI is InChI=1S/C16H22O4S/c1-2-12-9-13(14(21-12)15(17)18)19-10-11-5-8-16(20-11)6-3-4-7-16/h9,11H,2-8,10H2,1H3,(H,17,18). The van der Waals surface area contributed by atoms with Gasteiger partial charge in [0.1, 0.15) is 12.4 Å². The fraction of sp³-hybridized carbons (Fsp3) is 0.688. The number of thiophene rings is 1. The molecule has 2 heterocycles. The summed E-state index contributed by atoms with van der Waals surface area (Å²) in [5.41, 5.74) is 0.104. The van der Waals surface area contributed by atoms with Crippen LogP contribution in [-0.2, 0) is 11.2 Å². The minimum atomic E-state index is -0.908. The molecule has 4 nitrogen and oxygen atoms in total. The van der Waals surface area contributed by atoms with Gasteiger partial charge in [-0.05, 0) is 38.2 Å². The van der Waals surface area contributed by atoms with Gasteiger partial charge in [-0.2, -0.15) is 0 Å². The SMILES string of the molecule is CCc1cc(OCC2CCC3(CCCC3)O2)c(C(=O)O)s1. The van der Waals surface area contributed by atoms with Crippen molar-refractivity contribution in [3.8, 4) is 5.75 Å². The van der Waals surface area contributed by atoms with Gasteiger partial charge < -0.3 is 14.6 Å². The fourth-order valence-corrected chi connectivity index (χ4v) is 4.31. The second-order valence-electron chi connectivity index (χ2n) is 6.04. The van der Waals surface area contributed by atoms with Crippen molar-refractivity contribution in [1.82, 2.24) is 0 Å². The summed E-state index contributed by atoms with van der Waals surface area (Å²) in [6, 6.07) is 1.86. The van der Waals surface area contributed by atoms with Crippen molar-refractivity contribution < 1.29 is 19.4 Å². The Labute approximate surface area is 129 Å². The van der Waals surface area contributed by atoms with Crippen LogP contribution in [0, 0.1) is 0 Å². The van der Waals surface area contributed by atoms with Crippen LogP contribution in [0.3, 0.4) is 0 Å². The smallest absolute Gasteiger partial charge is 0.349 e. The van der Waals surface area contributed by atoms with E-state index in [2.05, 4.69) is 0 Å². The molecule has 1 aliphatic carbocycles. The summed E-state index contributed by atoms with van der Waals surface area (Å²) in [6.07, 6.45) is 7.95. The lowest BCUT2D eigenvalue weighted by molar-refractivity contribution is -0.0509. The Morgan fingerprint density at radius 2 is 2.24 bits per heavy atom. The number of rotatable bonds is 5. The first-order chi connectivity index (χ1) is 10.1. The van der Waals surface area contributed by atoms with E-state index in [1.54, 1.807) is 0 Å². The van der Waals surface area contributed by atoms with Gasteiger partial charge in [-0.15, -0.1) is 11.3 Å². The average Bonchev–Trinajstić information content (AvgIpc) is 3.18. The zero-order chi connectivity index (χ0) is 14.9. The third kappa shape index (κ3) is 3.09. The molecule has 1 saturated carbocycles. The maximum atomic E-state index is 11.3. The predicted octanol–water partition coefficient (Wildman–Crippen LogP) is 3.88. The third-order valence-corrected chi connectivity index (χ3v) is 5.82. The van der Waals surface area contributed by atoms with Crippen molar-refractivity contribution >= 4 is 17.3 Å². The Morgan fingerprint density at radius 3 is 2.90 bits per heavy atom. The number of carboxylic acid groups (broad SMARTS) is 1. The molecule has 2 fully saturated rings. The van der Waals surface area contributed by atoms with E-state index in [9.17, 15) is 9.90 Å². The lowest BCUT2D eigenvalue weighted by atomic mass is 9.98. The molecule has 0 bridgehead atoms. The molecule has 21 heavy (non-hydrogen) atoms. The van der Waals surface area contributed by atoms with Crippen molar-refractivity contribution in [1.29, 1.82) is 0 Å². The molecule has 5 heteroatoms. The van der Waals surface area contributed by atoms with Crippen molar-refractivity contribution in [2.45, 2.75) is 63.6 Å². The van der Waals surface area contributed by atoms with Crippen molar-refractivity contribution in [2.75, 3.05) is 6.61 Å². The maximum absolute atomic E-state index is 11.3. The Balaban J connectivity index is 1.60. The van der Waals surface area contributed by atoms with E-state index in [0.29, 0.717) is 17.2 Å². The summed E-state index contributed by atoms with van der Waals surface area (Å²) in [6.45, 7) is 2.48. The fourth-order valence-electron chi connectivity index (χ4n) is 3.44.